The van der Waals surface area contributed by atoms with Crippen LogP contribution in [0.25, 0.3) is 0 Å². The van der Waals surface area contributed by atoms with Gasteiger partial charge in [-0.05, 0) is 29.0 Å². The second kappa shape index (κ2) is 6.00. The Balaban J connectivity index is 2.72. The molecule has 0 atom stereocenters. The van der Waals surface area contributed by atoms with Crippen molar-refractivity contribution in [1.29, 1.82) is 0 Å². The Kier molecular flexibility index (Phi) is 4.95. The van der Waals surface area contributed by atoms with Crippen molar-refractivity contribution in [3.63, 3.8) is 0 Å². The third kappa shape index (κ3) is 3.31. The summed E-state index contributed by atoms with van der Waals surface area (Å²) in [5.74, 6) is 0.260. The summed E-state index contributed by atoms with van der Waals surface area (Å²) in [6.07, 6.45) is 0.623. The molecule has 0 fully saturated rings. The van der Waals surface area contributed by atoms with E-state index >= 15 is 0 Å². The van der Waals surface area contributed by atoms with E-state index in [1.165, 1.54) is 0 Å². The maximum atomic E-state index is 11.3. The Bertz CT molecular complexity index is 402. The first-order valence-corrected chi connectivity index (χ1v) is 6.07. The van der Waals surface area contributed by atoms with Gasteiger partial charge < -0.3 is 15.0 Å². The van der Waals surface area contributed by atoms with Gasteiger partial charge in [-0.15, -0.1) is 0 Å². The van der Waals surface area contributed by atoms with Crippen LogP contribution in [0.15, 0.2) is 9.27 Å². The second-order valence-electron chi connectivity index (χ2n) is 3.43. The number of H-pyrrole nitrogens is 1. The standard InChI is InChI=1S/C10H16BrN3O2/c1-3-14(4-2)6-5-7-12-9(15)8(11)10(16)13-7/h3-6H2,1-2H3,(H2,12,13,15,16). The van der Waals surface area contributed by atoms with Gasteiger partial charge in [-0.3, -0.25) is 4.79 Å². The van der Waals surface area contributed by atoms with Gasteiger partial charge in [-0.25, -0.2) is 0 Å². The number of aromatic amines is 1. The minimum atomic E-state index is -0.345. The number of rotatable bonds is 5. The molecule has 0 spiro atoms. The van der Waals surface area contributed by atoms with Crippen molar-refractivity contribution in [2.45, 2.75) is 20.3 Å². The van der Waals surface area contributed by atoms with Gasteiger partial charge in [-0.2, -0.15) is 4.98 Å². The molecule has 1 heterocycles. The zero-order valence-corrected chi connectivity index (χ0v) is 11.0. The molecule has 1 rings (SSSR count). The number of hydrogen-bond donors (Lipinski definition) is 2. The zero-order chi connectivity index (χ0) is 12.1. The number of aromatic nitrogens is 2. The molecular formula is C10H16BrN3O2. The summed E-state index contributed by atoms with van der Waals surface area (Å²) in [6, 6.07) is 0. The van der Waals surface area contributed by atoms with Gasteiger partial charge in [0.25, 0.3) is 5.56 Å². The highest BCUT2D eigenvalue weighted by molar-refractivity contribution is 9.10. The molecule has 1 aromatic rings. The lowest BCUT2D eigenvalue weighted by Gasteiger charge is -2.17. The first kappa shape index (κ1) is 13.2. The van der Waals surface area contributed by atoms with Gasteiger partial charge in [0.2, 0.25) is 5.88 Å². The van der Waals surface area contributed by atoms with Gasteiger partial charge in [0, 0.05) is 13.0 Å². The van der Waals surface area contributed by atoms with E-state index in [2.05, 4.69) is 44.6 Å². The van der Waals surface area contributed by atoms with E-state index in [1.807, 2.05) is 0 Å². The van der Waals surface area contributed by atoms with E-state index in [0.29, 0.717) is 12.2 Å². The maximum absolute atomic E-state index is 11.3. The molecule has 0 aliphatic carbocycles. The van der Waals surface area contributed by atoms with Gasteiger partial charge in [0.05, 0.1) is 0 Å². The number of hydrogen-bond acceptors (Lipinski definition) is 4. The average molecular weight is 290 g/mol. The molecule has 0 aliphatic rings. The fraction of sp³-hybridized carbons (Fsp3) is 0.600. The zero-order valence-electron chi connectivity index (χ0n) is 9.46. The van der Waals surface area contributed by atoms with Crippen molar-refractivity contribution in [2.75, 3.05) is 19.6 Å². The van der Waals surface area contributed by atoms with Crippen LogP contribution in [0.1, 0.15) is 19.7 Å². The second-order valence-corrected chi connectivity index (χ2v) is 4.22. The van der Waals surface area contributed by atoms with Crippen molar-refractivity contribution < 1.29 is 5.11 Å². The molecule has 0 aliphatic heterocycles. The molecule has 0 aromatic carbocycles. The topological polar surface area (TPSA) is 69.2 Å². The molecule has 0 bridgehead atoms. The van der Waals surface area contributed by atoms with Crippen molar-refractivity contribution in [2.24, 2.45) is 0 Å². The molecule has 5 nitrogen and oxygen atoms in total. The third-order valence-corrected chi connectivity index (χ3v) is 3.17. The Morgan fingerprint density at radius 2 is 2.06 bits per heavy atom. The predicted molar refractivity (Wildman–Crippen MR) is 65.7 cm³/mol. The first-order chi connectivity index (χ1) is 7.58. The smallest absolute Gasteiger partial charge is 0.269 e. The van der Waals surface area contributed by atoms with Gasteiger partial charge in [0.15, 0.2) is 0 Å². The van der Waals surface area contributed by atoms with Crippen molar-refractivity contribution in [3.8, 4) is 5.88 Å². The largest absolute Gasteiger partial charge is 0.492 e. The molecule has 90 valence electrons. The van der Waals surface area contributed by atoms with Crippen LogP contribution in [-0.2, 0) is 6.42 Å². The summed E-state index contributed by atoms with van der Waals surface area (Å²) in [5.41, 5.74) is -0.345. The molecule has 16 heavy (non-hydrogen) atoms. The van der Waals surface area contributed by atoms with Crippen LogP contribution in [0, 0.1) is 0 Å². The van der Waals surface area contributed by atoms with Gasteiger partial charge in [-0.1, -0.05) is 13.8 Å². The Hall–Kier alpha value is -0.880. The van der Waals surface area contributed by atoms with Crippen LogP contribution in [-0.4, -0.2) is 39.6 Å². The fourth-order valence-electron chi connectivity index (χ4n) is 1.41. The fourth-order valence-corrected chi connectivity index (χ4v) is 1.60. The average Bonchev–Trinajstić information content (AvgIpc) is 2.27. The van der Waals surface area contributed by atoms with Crippen LogP contribution >= 0.6 is 15.9 Å². The SMILES string of the molecule is CCN(CC)CCc1nc(O)c(Br)c(=O)[nH]1. The van der Waals surface area contributed by atoms with Crippen LogP contribution in [0.4, 0.5) is 0 Å². The van der Waals surface area contributed by atoms with E-state index in [4.69, 9.17) is 0 Å². The summed E-state index contributed by atoms with van der Waals surface area (Å²) in [4.78, 5) is 20.1. The highest BCUT2D eigenvalue weighted by atomic mass is 79.9. The Labute approximate surface area is 103 Å². The quantitative estimate of drug-likeness (QED) is 0.852. The van der Waals surface area contributed by atoms with E-state index in [0.717, 1.165) is 19.6 Å². The lowest BCUT2D eigenvalue weighted by atomic mass is 10.3. The Morgan fingerprint density at radius 1 is 1.44 bits per heavy atom. The molecular weight excluding hydrogens is 274 g/mol. The minimum Gasteiger partial charge on any atom is -0.492 e. The summed E-state index contributed by atoms with van der Waals surface area (Å²) >= 11 is 2.95. The Morgan fingerprint density at radius 3 is 2.56 bits per heavy atom. The number of halogens is 1. The molecule has 1 aromatic heterocycles. The highest BCUT2D eigenvalue weighted by Crippen LogP contribution is 2.14. The molecule has 0 radical (unpaired) electrons. The van der Waals surface area contributed by atoms with Crippen molar-refractivity contribution in [1.82, 2.24) is 14.9 Å². The van der Waals surface area contributed by atoms with E-state index in [9.17, 15) is 9.90 Å². The summed E-state index contributed by atoms with van der Waals surface area (Å²) < 4.78 is 0.0825. The molecule has 6 heteroatoms. The first-order valence-electron chi connectivity index (χ1n) is 5.28. The van der Waals surface area contributed by atoms with E-state index in [1.54, 1.807) is 0 Å². The van der Waals surface area contributed by atoms with E-state index in [-0.39, 0.29) is 15.9 Å². The highest BCUT2D eigenvalue weighted by Gasteiger charge is 2.08. The number of aromatic hydroxyl groups is 1. The van der Waals surface area contributed by atoms with Crippen LogP contribution < -0.4 is 5.56 Å². The molecule has 2 N–H and O–H groups in total. The lowest BCUT2D eigenvalue weighted by molar-refractivity contribution is 0.305. The van der Waals surface area contributed by atoms with Crippen molar-refractivity contribution >= 4 is 15.9 Å². The maximum Gasteiger partial charge on any atom is 0.269 e. The number of nitrogens with one attached hydrogen (secondary N) is 1. The van der Waals surface area contributed by atoms with Crippen LogP contribution in [0.2, 0.25) is 0 Å². The summed E-state index contributed by atoms with van der Waals surface area (Å²) in [6.45, 7) is 6.90. The molecule has 0 amide bonds. The van der Waals surface area contributed by atoms with Gasteiger partial charge in [0.1, 0.15) is 10.3 Å². The predicted octanol–water partition coefficient (Wildman–Crippen LogP) is 1.12. The molecule has 0 unspecified atom stereocenters. The molecule has 0 saturated heterocycles. The molecule has 0 saturated carbocycles. The van der Waals surface area contributed by atoms with E-state index < -0.39 is 0 Å². The van der Waals surface area contributed by atoms with Gasteiger partial charge >= 0.3 is 0 Å². The van der Waals surface area contributed by atoms with Crippen LogP contribution in [0.5, 0.6) is 5.88 Å². The van der Waals surface area contributed by atoms with Crippen LogP contribution in [0.3, 0.4) is 0 Å². The number of nitrogens with zero attached hydrogens (tertiary/aromatic N) is 2. The number of likely N-dealkylation sites (N-methyl/N-ethyl adjacent to an activating group) is 1. The lowest BCUT2D eigenvalue weighted by Crippen LogP contribution is -2.26. The third-order valence-electron chi connectivity index (χ3n) is 2.45. The minimum absolute atomic E-state index is 0.0825. The summed E-state index contributed by atoms with van der Waals surface area (Å²) in [5, 5.41) is 9.37. The normalized spacial score (nSPS) is 11.0. The van der Waals surface area contributed by atoms with Crippen molar-refractivity contribution in [3.05, 3.63) is 20.7 Å². The summed E-state index contributed by atoms with van der Waals surface area (Å²) in [7, 11) is 0. The monoisotopic (exact) mass is 289 g/mol.